The van der Waals surface area contributed by atoms with Gasteiger partial charge < -0.3 is 15.0 Å². The van der Waals surface area contributed by atoms with Gasteiger partial charge in [0.05, 0.1) is 5.69 Å². The van der Waals surface area contributed by atoms with Crippen LogP contribution < -0.4 is 10.1 Å². The van der Waals surface area contributed by atoms with Crippen LogP contribution in [0.5, 0.6) is 5.75 Å². The number of nitrogens with one attached hydrogen (secondary N) is 1. The summed E-state index contributed by atoms with van der Waals surface area (Å²) in [5.74, 6) is -0.662. The van der Waals surface area contributed by atoms with E-state index >= 15 is 0 Å². The largest absolute Gasteiger partial charge is 0.484 e. The Morgan fingerprint density at radius 1 is 0.943 bits per heavy atom. The van der Waals surface area contributed by atoms with Crippen LogP contribution in [0.15, 0.2) is 71.1 Å². The van der Waals surface area contributed by atoms with Gasteiger partial charge in [0.1, 0.15) is 11.6 Å². The Kier molecular flexibility index (Phi) is 6.24. The van der Waals surface area contributed by atoms with Crippen LogP contribution in [0, 0.1) is 5.82 Å². The molecule has 2 aromatic rings. The molecule has 0 atom stereocenters. The van der Waals surface area contributed by atoms with Gasteiger partial charge in [0.25, 0.3) is 5.91 Å². The number of allylic oxidation sites excluding steroid dienone is 4. The maximum Gasteiger partial charge on any atom is 0.262 e. The molecule has 180 valence electrons. The van der Waals surface area contributed by atoms with Crippen LogP contribution in [0.2, 0.25) is 0 Å². The molecule has 0 aromatic heterocycles. The van der Waals surface area contributed by atoms with Crippen molar-refractivity contribution >= 4 is 23.2 Å². The summed E-state index contributed by atoms with van der Waals surface area (Å²) < 4.78 is 19.3. The van der Waals surface area contributed by atoms with E-state index in [4.69, 9.17) is 4.74 Å². The molecule has 35 heavy (non-hydrogen) atoms. The van der Waals surface area contributed by atoms with Crippen molar-refractivity contribution in [2.45, 2.75) is 44.4 Å². The molecule has 1 amide bonds. The maximum atomic E-state index is 13.7. The number of amides is 1. The average Bonchev–Trinajstić information content (AvgIpc) is 2.86. The number of ketones is 2. The van der Waals surface area contributed by atoms with Crippen molar-refractivity contribution in [3.8, 4) is 5.75 Å². The lowest BCUT2D eigenvalue weighted by atomic mass is 9.71. The Morgan fingerprint density at radius 2 is 1.54 bits per heavy atom. The summed E-state index contributed by atoms with van der Waals surface area (Å²) in [4.78, 5) is 40.3. The fourth-order valence-electron chi connectivity index (χ4n) is 5.34. The predicted molar refractivity (Wildman–Crippen MR) is 129 cm³/mol. The quantitative estimate of drug-likeness (QED) is 0.668. The van der Waals surface area contributed by atoms with Gasteiger partial charge in [-0.15, -0.1) is 0 Å². The lowest BCUT2D eigenvalue weighted by molar-refractivity contribution is -0.118. The molecule has 2 aromatic carbocycles. The third-order valence-electron chi connectivity index (χ3n) is 6.98. The number of rotatable bonds is 5. The number of Topliss-reactive ketones (excluding diaryl/α,β-unsaturated/α-hetero) is 2. The first-order valence-electron chi connectivity index (χ1n) is 12.0. The average molecular weight is 475 g/mol. The molecule has 1 aliphatic heterocycles. The van der Waals surface area contributed by atoms with Gasteiger partial charge in [-0.2, -0.15) is 0 Å². The second-order valence-corrected chi connectivity index (χ2v) is 9.15. The number of para-hydroxylation sites is 1. The Balaban J connectivity index is 1.37. The van der Waals surface area contributed by atoms with Crippen molar-refractivity contribution < 1.29 is 23.5 Å². The van der Waals surface area contributed by atoms with E-state index in [0.717, 1.165) is 53.8 Å². The van der Waals surface area contributed by atoms with Gasteiger partial charge in [0.15, 0.2) is 18.2 Å². The molecule has 7 heteroatoms. The van der Waals surface area contributed by atoms with Crippen molar-refractivity contribution in [1.82, 2.24) is 4.90 Å². The number of hydrogen-bond acceptors (Lipinski definition) is 5. The minimum absolute atomic E-state index is 0.0983. The Morgan fingerprint density at radius 3 is 2.14 bits per heavy atom. The summed E-state index contributed by atoms with van der Waals surface area (Å²) in [6, 6.07) is 13.1. The van der Waals surface area contributed by atoms with E-state index in [-0.39, 0.29) is 29.8 Å². The fraction of sp³-hybridized carbons (Fsp3) is 0.321. The number of hydrogen-bond donors (Lipinski definition) is 1. The van der Waals surface area contributed by atoms with Crippen LogP contribution in [-0.2, 0) is 14.4 Å². The second-order valence-electron chi connectivity index (χ2n) is 9.15. The second kappa shape index (κ2) is 9.49. The summed E-state index contributed by atoms with van der Waals surface area (Å²) >= 11 is 0. The summed E-state index contributed by atoms with van der Waals surface area (Å²) in [5.41, 5.74) is 4.51. The van der Waals surface area contributed by atoms with Gasteiger partial charge in [0.2, 0.25) is 0 Å². The van der Waals surface area contributed by atoms with Gasteiger partial charge >= 0.3 is 0 Å². The molecule has 0 fully saturated rings. The zero-order chi connectivity index (χ0) is 24.5. The number of carbonyl (C=O) groups excluding carboxylic acids is 3. The smallest absolute Gasteiger partial charge is 0.262 e. The van der Waals surface area contributed by atoms with Crippen LogP contribution in [0.3, 0.4) is 0 Å². The van der Waals surface area contributed by atoms with Crippen molar-refractivity contribution in [1.29, 1.82) is 0 Å². The minimum atomic E-state index is -0.514. The minimum Gasteiger partial charge on any atom is -0.484 e. The molecule has 0 spiro atoms. The molecule has 5 rings (SSSR count). The molecule has 0 unspecified atom stereocenters. The van der Waals surface area contributed by atoms with E-state index in [9.17, 15) is 18.8 Å². The number of benzene rings is 2. The first-order chi connectivity index (χ1) is 16.9. The first-order valence-corrected chi connectivity index (χ1v) is 12.0. The fourth-order valence-corrected chi connectivity index (χ4v) is 5.34. The van der Waals surface area contributed by atoms with Gasteiger partial charge in [-0.3, -0.25) is 14.4 Å². The summed E-state index contributed by atoms with van der Waals surface area (Å²) in [6.07, 6.45) is 4.31. The zero-order valence-corrected chi connectivity index (χ0v) is 19.6. The summed E-state index contributed by atoms with van der Waals surface area (Å²) in [7, 11) is 1.97. The topological polar surface area (TPSA) is 75.7 Å². The lowest BCUT2D eigenvalue weighted by Gasteiger charge is -2.42. The summed E-state index contributed by atoms with van der Waals surface area (Å²) in [5, 5.41) is 2.49. The van der Waals surface area contributed by atoms with Crippen molar-refractivity contribution in [2.24, 2.45) is 0 Å². The Bertz CT molecular complexity index is 1220. The third-order valence-corrected chi connectivity index (χ3v) is 6.98. The molecule has 1 N–H and O–H groups in total. The van der Waals surface area contributed by atoms with Crippen LogP contribution in [0.1, 0.15) is 50.0 Å². The van der Waals surface area contributed by atoms with Crippen molar-refractivity contribution in [3.63, 3.8) is 0 Å². The highest BCUT2D eigenvalue weighted by atomic mass is 19.1. The van der Waals surface area contributed by atoms with Crippen molar-refractivity contribution in [2.75, 3.05) is 19.0 Å². The van der Waals surface area contributed by atoms with Crippen LogP contribution in [0.25, 0.3) is 0 Å². The predicted octanol–water partition coefficient (Wildman–Crippen LogP) is 4.89. The molecule has 2 aliphatic carbocycles. The highest BCUT2D eigenvalue weighted by molar-refractivity contribution is 6.06. The molecular weight excluding hydrogens is 447 g/mol. The molecule has 6 nitrogen and oxygen atoms in total. The maximum absolute atomic E-state index is 13.7. The molecule has 0 saturated heterocycles. The van der Waals surface area contributed by atoms with Crippen LogP contribution in [0.4, 0.5) is 10.1 Å². The number of nitrogens with zero attached hydrogens (tertiary/aromatic N) is 1. The number of anilines is 1. The van der Waals surface area contributed by atoms with Crippen LogP contribution >= 0.6 is 0 Å². The lowest BCUT2D eigenvalue weighted by Crippen LogP contribution is -2.37. The molecule has 0 bridgehead atoms. The zero-order valence-electron chi connectivity index (χ0n) is 19.6. The van der Waals surface area contributed by atoms with E-state index in [1.54, 1.807) is 24.3 Å². The third kappa shape index (κ3) is 4.38. The normalized spacial score (nSPS) is 18.4. The molecule has 0 radical (unpaired) electrons. The Hall–Kier alpha value is -3.74. The highest BCUT2D eigenvalue weighted by Crippen LogP contribution is 2.48. The van der Waals surface area contributed by atoms with Crippen LogP contribution in [-0.4, -0.2) is 36.0 Å². The van der Waals surface area contributed by atoms with E-state index in [1.807, 2.05) is 19.2 Å². The van der Waals surface area contributed by atoms with Gasteiger partial charge in [-0.25, -0.2) is 4.39 Å². The molecular formula is C28H27FN2O4. The molecule has 0 saturated carbocycles. The number of carbonyl (C=O) groups is 3. The van der Waals surface area contributed by atoms with E-state index in [2.05, 4.69) is 10.2 Å². The van der Waals surface area contributed by atoms with Gasteiger partial charge in [0, 0.05) is 48.3 Å². The SMILES string of the molecule is CN1C2=C(C(=O)CCC2)C(c2ccc(OCC(=O)Nc3ccccc3F)cc2)C2=C1CCCC2=O. The van der Waals surface area contributed by atoms with E-state index in [1.165, 1.54) is 12.1 Å². The monoisotopic (exact) mass is 474 g/mol. The van der Waals surface area contributed by atoms with Crippen molar-refractivity contribution in [3.05, 3.63) is 82.5 Å². The van der Waals surface area contributed by atoms with E-state index < -0.39 is 11.7 Å². The molecule has 1 heterocycles. The number of halogens is 1. The van der Waals surface area contributed by atoms with Gasteiger partial charge in [-0.05, 0) is 55.5 Å². The molecule has 3 aliphatic rings. The Labute approximate surface area is 203 Å². The standard InChI is InChI=1S/C28H27FN2O4/c1-31-21-8-4-10-23(32)27(21)26(28-22(31)9-5-11-24(28)33)17-12-14-18(15-13-17)35-16-25(34)30-20-7-3-2-6-19(20)29/h2-3,6-7,12-15,26H,4-5,8-11,16H2,1H3,(H,30,34). The first kappa shape index (κ1) is 23.0. The van der Waals surface area contributed by atoms with E-state index in [0.29, 0.717) is 18.6 Å². The highest BCUT2D eigenvalue weighted by Gasteiger charge is 2.42. The van der Waals surface area contributed by atoms with Gasteiger partial charge in [-0.1, -0.05) is 24.3 Å². The summed E-state index contributed by atoms with van der Waals surface area (Å²) in [6.45, 7) is -0.274. The number of ether oxygens (including phenoxy) is 1.